The van der Waals surface area contributed by atoms with Gasteiger partial charge in [0.1, 0.15) is 17.3 Å². The van der Waals surface area contributed by atoms with Crippen LogP contribution >= 0.6 is 0 Å². The predicted octanol–water partition coefficient (Wildman–Crippen LogP) is 2.67. The van der Waals surface area contributed by atoms with Gasteiger partial charge in [0.05, 0.1) is 5.41 Å². The molecule has 0 spiro atoms. The van der Waals surface area contributed by atoms with Crippen molar-refractivity contribution in [1.82, 2.24) is 0 Å². The number of amides is 1. The maximum absolute atomic E-state index is 13.4. The Labute approximate surface area is 105 Å². The van der Waals surface area contributed by atoms with Gasteiger partial charge in [-0.25, -0.2) is 8.78 Å². The van der Waals surface area contributed by atoms with Gasteiger partial charge in [0.25, 0.3) is 0 Å². The summed E-state index contributed by atoms with van der Waals surface area (Å²) < 4.78 is 26.8. The van der Waals surface area contributed by atoms with Gasteiger partial charge < -0.3 is 11.1 Å². The molecule has 0 saturated heterocycles. The number of carbonyl (C=O) groups is 1. The second-order valence-electron chi connectivity index (χ2n) is 5.40. The van der Waals surface area contributed by atoms with Crippen molar-refractivity contribution in [3.63, 3.8) is 0 Å². The summed E-state index contributed by atoms with van der Waals surface area (Å²) in [6.45, 7) is 6.62. The third-order valence-corrected chi connectivity index (χ3v) is 3.38. The van der Waals surface area contributed by atoms with Crippen LogP contribution in [-0.2, 0) is 4.79 Å². The zero-order valence-corrected chi connectivity index (χ0v) is 11.0. The third-order valence-electron chi connectivity index (χ3n) is 3.38. The van der Waals surface area contributed by atoms with Gasteiger partial charge in [0.2, 0.25) is 5.91 Å². The first kappa shape index (κ1) is 14.6. The fourth-order valence-corrected chi connectivity index (χ4v) is 1.18. The number of carbonyl (C=O) groups excluding carboxylic acids is 1. The summed E-state index contributed by atoms with van der Waals surface area (Å²) in [6, 6.07) is 3.40. The maximum Gasteiger partial charge on any atom is 0.232 e. The number of hydrogen-bond donors (Lipinski definition) is 2. The van der Waals surface area contributed by atoms with Crippen LogP contribution in [0.25, 0.3) is 0 Å². The normalized spacial score (nSPS) is 12.4. The van der Waals surface area contributed by atoms with Gasteiger partial charge in [0.15, 0.2) is 0 Å². The van der Waals surface area contributed by atoms with E-state index in [0.717, 1.165) is 12.1 Å². The summed E-state index contributed by atoms with van der Waals surface area (Å²) in [5.74, 6) is -2.15. The molecule has 0 radical (unpaired) electrons. The lowest BCUT2D eigenvalue weighted by Gasteiger charge is -2.36. The molecule has 0 heterocycles. The van der Waals surface area contributed by atoms with E-state index in [4.69, 9.17) is 5.73 Å². The summed E-state index contributed by atoms with van der Waals surface area (Å²) >= 11 is 0. The highest BCUT2D eigenvalue weighted by Gasteiger charge is 2.40. The van der Waals surface area contributed by atoms with Crippen LogP contribution in [0.2, 0.25) is 0 Å². The van der Waals surface area contributed by atoms with Crippen molar-refractivity contribution in [1.29, 1.82) is 0 Å². The molecular weight excluding hydrogens is 238 g/mol. The second kappa shape index (κ2) is 4.65. The van der Waals surface area contributed by atoms with Gasteiger partial charge in [-0.3, -0.25) is 4.79 Å². The number of para-hydroxylation sites is 1. The molecule has 1 rings (SSSR count). The first-order valence-electron chi connectivity index (χ1n) is 5.61. The van der Waals surface area contributed by atoms with Crippen LogP contribution in [0.3, 0.4) is 0 Å². The molecule has 1 amide bonds. The van der Waals surface area contributed by atoms with Crippen molar-refractivity contribution in [2.24, 2.45) is 11.1 Å². The van der Waals surface area contributed by atoms with E-state index in [9.17, 15) is 13.6 Å². The minimum atomic E-state index is -0.971. The van der Waals surface area contributed by atoms with E-state index in [1.807, 2.05) is 0 Å². The van der Waals surface area contributed by atoms with Gasteiger partial charge in [-0.15, -0.1) is 0 Å². The number of halogens is 2. The minimum Gasteiger partial charge on any atom is -0.325 e. The largest absolute Gasteiger partial charge is 0.325 e. The van der Waals surface area contributed by atoms with Crippen LogP contribution in [-0.4, -0.2) is 11.4 Å². The number of rotatable bonds is 3. The SMILES string of the molecule is CC(C)(N)C(C)(C)C(=O)Nc1c(F)cccc1F. The number of nitrogens with one attached hydrogen (secondary N) is 1. The van der Waals surface area contributed by atoms with E-state index >= 15 is 0 Å². The summed E-state index contributed by atoms with van der Waals surface area (Å²) in [5, 5.41) is 2.26. The average molecular weight is 256 g/mol. The summed E-state index contributed by atoms with van der Waals surface area (Å²) in [6.07, 6.45) is 0. The van der Waals surface area contributed by atoms with Crippen LogP contribution < -0.4 is 11.1 Å². The fraction of sp³-hybridized carbons (Fsp3) is 0.462. The lowest BCUT2D eigenvalue weighted by molar-refractivity contribution is -0.126. The molecule has 0 aliphatic rings. The maximum atomic E-state index is 13.4. The molecule has 1 aromatic carbocycles. The van der Waals surface area contributed by atoms with Crippen molar-refractivity contribution in [2.75, 3.05) is 5.32 Å². The molecule has 0 aliphatic heterocycles. The molecule has 0 aromatic heterocycles. The van der Waals surface area contributed by atoms with Crippen LogP contribution in [0.4, 0.5) is 14.5 Å². The highest BCUT2D eigenvalue weighted by atomic mass is 19.1. The van der Waals surface area contributed by atoms with Crippen LogP contribution in [0.15, 0.2) is 18.2 Å². The quantitative estimate of drug-likeness (QED) is 0.873. The first-order valence-corrected chi connectivity index (χ1v) is 5.61. The number of anilines is 1. The topological polar surface area (TPSA) is 55.1 Å². The number of hydrogen-bond acceptors (Lipinski definition) is 2. The fourth-order valence-electron chi connectivity index (χ4n) is 1.18. The van der Waals surface area contributed by atoms with E-state index in [2.05, 4.69) is 5.32 Å². The Morgan fingerprint density at radius 3 is 2.00 bits per heavy atom. The second-order valence-corrected chi connectivity index (χ2v) is 5.40. The standard InChI is InChI=1S/C13H18F2N2O/c1-12(2,13(3,4)16)11(18)17-10-8(14)6-5-7-9(10)15/h5-7H,16H2,1-4H3,(H,17,18). The Balaban J connectivity index is 3.03. The zero-order valence-electron chi connectivity index (χ0n) is 11.0. The van der Waals surface area contributed by atoms with Gasteiger partial charge in [-0.05, 0) is 39.8 Å². The van der Waals surface area contributed by atoms with E-state index in [0.29, 0.717) is 0 Å². The lowest BCUT2D eigenvalue weighted by atomic mass is 9.74. The highest BCUT2D eigenvalue weighted by Crippen LogP contribution is 2.30. The molecule has 3 nitrogen and oxygen atoms in total. The van der Waals surface area contributed by atoms with Crippen molar-refractivity contribution in [3.8, 4) is 0 Å². The van der Waals surface area contributed by atoms with Gasteiger partial charge in [-0.2, -0.15) is 0 Å². The van der Waals surface area contributed by atoms with E-state index in [1.165, 1.54) is 6.07 Å². The number of benzene rings is 1. The molecule has 0 bridgehead atoms. The van der Waals surface area contributed by atoms with Crippen molar-refractivity contribution >= 4 is 11.6 Å². The lowest BCUT2D eigenvalue weighted by Crippen LogP contribution is -2.53. The summed E-state index contributed by atoms with van der Waals surface area (Å²) in [4.78, 5) is 12.1. The molecule has 0 fully saturated rings. The van der Waals surface area contributed by atoms with Crippen molar-refractivity contribution < 1.29 is 13.6 Å². The summed E-state index contributed by atoms with van der Waals surface area (Å²) in [7, 11) is 0. The van der Waals surface area contributed by atoms with Crippen LogP contribution in [0, 0.1) is 17.0 Å². The molecular formula is C13H18F2N2O. The number of nitrogens with two attached hydrogens (primary N) is 1. The van der Waals surface area contributed by atoms with Crippen LogP contribution in [0.5, 0.6) is 0 Å². The molecule has 0 unspecified atom stereocenters. The highest BCUT2D eigenvalue weighted by molar-refractivity contribution is 5.96. The molecule has 100 valence electrons. The van der Waals surface area contributed by atoms with Gasteiger partial charge in [0, 0.05) is 5.54 Å². The minimum absolute atomic E-state index is 0.445. The Morgan fingerprint density at radius 2 is 1.61 bits per heavy atom. The van der Waals surface area contributed by atoms with E-state index in [-0.39, 0.29) is 0 Å². The zero-order chi connectivity index (χ0) is 14.1. The Bertz CT molecular complexity index is 444. The molecule has 18 heavy (non-hydrogen) atoms. The third kappa shape index (κ3) is 2.67. The van der Waals surface area contributed by atoms with Gasteiger partial charge in [-0.1, -0.05) is 6.07 Å². The van der Waals surface area contributed by atoms with Crippen molar-refractivity contribution in [2.45, 2.75) is 33.2 Å². The van der Waals surface area contributed by atoms with Crippen LogP contribution in [0.1, 0.15) is 27.7 Å². The first-order chi connectivity index (χ1) is 8.07. The Kier molecular flexibility index (Phi) is 3.76. The Morgan fingerprint density at radius 1 is 1.17 bits per heavy atom. The molecule has 5 heteroatoms. The Hall–Kier alpha value is -1.49. The van der Waals surface area contributed by atoms with E-state index in [1.54, 1.807) is 27.7 Å². The molecule has 0 saturated carbocycles. The van der Waals surface area contributed by atoms with E-state index < -0.39 is 34.2 Å². The predicted molar refractivity (Wildman–Crippen MR) is 67.0 cm³/mol. The molecule has 0 aliphatic carbocycles. The molecule has 0 atom stereocenters. The monoisotopic (exact) mass is 256 g/mol. The van der Waals surface area contributed by atoms with Gasteiger partial charge >= 0.3 is 0 Å². The summed E-state index contributed by atoms with van der Waals surface area (Å²) in [5.41, 5.74) is 3.66. The van der Waals surface area contributed by atoms with Crippen molar-refractivity contribution in [3.05, 3.63) is 29.8 Å². The average Bonchev–Trinajstić information content (AvgIpc) is 2.21. The molecule has 1 aromatic rings. The molecule has 3 N–H and O–H groups in total. The smallest absolute Gasteiger partial charge is 0.232 e.